The van der Waals surface area contributed by atoms with Gasteiger partial charge < -0.3 is 10.6 Å². The van der Waals surface area contributed by atoms with Gasteiger partial charge in [-0.1, -0.05) is 12.1 Å². The Kier molecular flexibility index (Phi) is 4.54. The van der Waals surface area contributed by atoms with Crippen molar-refractivity contribution in [3.05, 3.63) is 41.9 Å². The summed E-state index contributed by atoms with van der Waals surface area (Å²) in [5, 5.41) is 5.95. The van der Waals surface area contributed by atoms with Gasteiger partial charge in [-0.05, 0) is 38.5 Å². The van der Waals surface area contributed by atoms with E-state index in [2.05, 4.69) is 20.6 Å². The molecule has 1 aromatic carbocycles. The van der Waals surface area contributed by atoms with Crippen LogP contribution in [0.15, 0.2) is 30.5 Å². The molecule has 0 aliphatic carbocycles. The number of halogens is 3. The molecule has 2 rings (SSSR count). The van der Waals surface area contributed by atoms with Gasteiger partial charge in [0.05, 0.1) is 11.9 Å². The lowest BCUT2D eigenvalue weighted by atomic mass is 10.2. The van der Waals surface area contributed by atoms with Gasteiger partial charge >= 0.3 is 6.18 Å². The molecule has 0 aliphatic heterocycles. The molecule has 7 heteroatoms. The highest BCUT2D eigenvalue weighted by Gasteiger charge is 2.35. The Hall–Kier alpha value is -2.31. The molecule has 0 fully saturated rings. The van der Waals surface area contributed by atoms with Crippen LogP contribution in [0, 0.1) is 6.92 Å². The third-order valence-corrected chi connectivity index (χ3v) is 2.77. The van der Waals surface area contributed by atoms with Crippen LogP contribution in [-0.2, 0) is 6.18 Å². The standard InChI is InChI=1S/C15H17F3N4/c1-9(2)20-12-8-19-14(15(16,17)18)22-13(12)21-11-6-4-5-10(3)7-11/h4-9,20H,1-3H3,(H,19,21,22). The molecule has 0 unspecified atom stereocenters. The van der Waals surface area contributed by atoms with Crippen LogP contribution >= 0.6 is 0 Å². The van der Waals surface area contributed by atoms with Crippen molar-refractivity contribution in [1.29, 1.82) is 0 Å². The third-order valence-electron chi connectivity index (χ3n) is 2.77. The first kappa shape index (κ1) is 16.1. The van der Waals surface area contributed by atoms with Crippen molar-refractivity contribution < 1.29 is 13.2 Å². The number of nitrogens with zero attached hydrogens (tertiary/aromatic N) is 2. The molecule has 0 spiro atoms. The highest BCUT2D eigenvalue weighted by atomic mass is 19.4. The molecular weight excluding hydrogens is 293 g/mol. The SMILES string of the molecule is Cc1cccc(Nc2nc(C(F)(F)F)ncc2NC(C)C)c1. The molecule has 22 heavy (non-hydrogen) atoms. The van der Waals surface area contributed by atoms with Crippen molar-refractivity contribution in [2.24, 2.45) is 0 Å². The number of benzene rings is 1. The van der Waals surface area contributed by atoms with Gasteiger partial charge in [0.2, 0.25) is 5.82 Å². The summed E-state index contributed by atoms with van der Waals surface area (Å²) < 4.78 is 38.4. The molecule has 0 amide bonds. The smallest absolute Gasteiger partial charge is 0.379 e. The Bertz CT molecular complexity index is 653. The lowest BCUT2D eigenvalue weighted by molar-refractivity contribution is -0.144. The zero-order valence-corrected chi connectivity index (χ0v) is 12.5. The first-order chi connectivity index (χ1) is 10.3. The summed E-state index contributed by atoms with van der Waals surface area (Å²) in [6, 6.07) is 7.35. The number of aryl methyl sites for hydroxylation is 1. The minimum absolute atomic E-state index is 0.0402. The fraction of sp³-hybridized carbons (Fsp3) is 0.333. The van der Waals surface area contributed by atoms with E-state index in [1.807, 2.05) is 39.0 Å². The first-order valence-corrected chi connectivity index (χ1v) is 6.80. The predicted octanol–water partition coefficient (Wildman–Crippen LogP) is 4.37. The number of anilines is 3. The van der Waals surface area contributed by atoms with E-state index in [-0.39, 0.29) is 11.9 Å². The zero-order valence-electron chi connectivity index (χ0n) is 12.5. The summed E-state index contributed by atoms with van der Waals surface area (Å²) in [5.41, 5.74) is 2.08. The van der Waals surface area contributed by atoms with Crippen molar-refractivity contribution in [2.75, 3.05) is 10.6 Å². The molecular formula is C15H17F3N4. The Morgan fingerprint density at radius 3 is 2.50 bits per heavy atom. The zero-order chi connectivity index (χ0) is 16.3. The molecule has 0 saturated carbocycles. The summed E-state index contributed by atoms with van der Waals surface area (Å²) in [5.74, 6) is -1.07. The second-order valence-electron chi connectivity index (χ2n) is 5.25. The van der Waals surface area contributed by atoms with Crippen LogP contribution in [0.4, 0.5) is 30.4 Å². The number of hydrogen-bond acceptors (Lipinski definition) is 4. The molecule has 2 N–H and O–H groups in total. The summed E-state index contributed by atoms with van der Waals surface area (Å²) in [7, 11) is 0. The van der Waals surface area contributed by atoms with E-state index < -0.39 is 12.0 Å². The average Bonchev–Trinajstić information content (AvgIpc) is 2.39. The van der Waals surface area contributed by atoms with Crippen molar-refractivity contribution in [3.63, 3.8) is 0 Å². The fourth-order valence-corrected chi connectivity index (χ4v) is 1.89. The van der Waals surface area contributed by atoms with Crippen molar-refractivity contribution in [1.82, 2.24) is 9.97 Å². The summed E-state index contributed by atoms with van der Waals surface area (Å²) in [4.78, 5) is 7.00. The third kappa shape index (κ3) is 4.09. The van der Waals surface area contributed by atoms with Gasteiger partial charge in [-0.15, -0.1) is 0 Å². The van der Waals surface area contributed by atoms with E-state index in [4.69, 9.17) is 0 Å². The molecule has 118 valence electrons. The number of rotatable bonds is 4. The molecule has 4 nitrogen and oxygen atoms in total. The van der Waals surface area contributed by atoms with Crippen LogP contribution in [0.2, 0.25) is 0 Å². The van der Waals surface area contributed by atoms with E-state index in [9.17, 15) is 13.2 Å². The lowest BCUT2D eigenvalue weighted by Gasteiger charge is -2.16. The Morgan fingerprint density at radius 1 is 1.18 bits per heavy atom. The van der Waals surface area contributed by atoms with Crippen LogP contribution in [0.3, 0.4) is 0 Å². The monoisotopic (exact) mass is 310 g/mol. The highest BCUT2D eigenvalue weighted by molar-refractivity contribution is 5.70. The number of hydrogen-bond donors (Lipinski definition) is 2. The largest absolute Gasteiger partial charge is 0.451 e. The molecule has 0 aliphatic rings. The van der Waals surface area contributed by atoms with Crippen molar-refractivity contribution in [2.45, 2.75) is 33.0 Å². The van der Waals surface area contributed by atoms with Crippen LogP contribution in [-0.4, -0.2) is 16.0 Å². The summed E-state index contributed by atoms with van der Waals surface area (Å²) in [6.45, 7) is 5.67. The molecule has 0 atom stereocenters. The molecule has 0 saturated heterocycles. The van der Waals surface area contributed by atoms with Crippen LogP contribution in [0.1, 0.15) is 25.2 Å². The van der Waals surface area contributed by atoms with Gasteiger partial charge in [-0.25, -0.2) is 9.97 Å². The lowest BCUT2D eigenvalue weighted by Crippen LogP contribution is -2.16. The van der Waals surface area contributed by atoms with E-state index in [1.165, 1.54) is 0 Å². The maximum atomic E-state index is 12.8. The van der Waals surface area contributed by atoms with Crippen LogP contribution in [0.25, 0.3) is 0 Å². The second-order valence-corrected chi connectivity index (χ2v) is 5.25. The molecule has 1 aromatic heterocycles. The average molecular weight is 310 g/mol. The van der Waals surface area contributed by atoms with E-state index in [0.29, 0.717) is 11.4 Å². The summed E-state index contributed by atoms with van der Waals surface area (Å²) in [6.07, 6.45) is -3.44. The number of nitrogens with one attached hydrogen (secondary N) is 2. The minimum atomic E-state index is -4.58. The van der Waals surface area contributed by atoms with E-state index in [0.717, 1.165) is 11.8 Å². The molecule has 2 aromatic rings. The summed E-state index contributed by atoms with van der Waals surface area (Å²) >= 11 is 0. The molecule has 1 heterocycles. The maximum Gasteiger partial charge on any atom is 0.451 e. The van der Waals surface area contributed by atoms with Gasteiger partial charge in [-0.3, -0.25) is 0 Å². The van der Waals surface area contributed by atoms with Crippen molar-refractivity contribution >= 4 is 17.2 Å². The van der Waals surface area contributed by atoms with Gasteiger partial charge in [-0.2, -0.15) is 13.2 Å². The maximum absolute atomic E-state index is 12.8. The normalized spacial score (nSPS) is 11.6. The van der Waals surface area contributed by atoms with E-state index >= 15 is 0 Å². The van der Waals surface area contributed by atoms with Gasteiger partial charge in [0.1, 0.15) is 0 Å². The number of aromatic nitrogens is 2. The quantitative estimate of drug-likeness (QED) is 0.880. The first-order valence-electron chi connectivity index (χ1n) is 6.80. The Labute approximate surface area is 126 Å². The second kappa shape index (κ2) is 6.21. The fourth-order valence-electron chi connectivity index (χ4n) is 1.89. The van der Waals surface area contributed by atoms with Gasteiger partial charge in [0, 0.05) is 11.7 Å². The van der Waals surface area contributed by atoms with Crippen LogP contribution < -0.4 is 10.6 Å². The molecule has 0 radical (unpaired) electrons. The predicted molar refractivity (Wildman–Crippen MR) is 80.3 cm³/mol. The molecule has 0 bridgehead atoms. The van der Waals surface area contributed by atoms with Crippen molar-refractivity contribution in [3.8, 4) is 0 Å². The Morgan fingerprint density at radius 2 is 1.91 bits per heavy atom. The number of alkyl halides is 3. The topological polar surface area (TPSA) is 49.8 Å². The Balaban J connectivity index is 2.40. The van der Waals surface area contributed by atoms with Crippen LogP contribution in [0.5, 0.6) is 0 Å². The van der Waals surface area contributed by atoms with E-state index in [1.54, 1.807) is 6.07 Å². The van der Waals surface area contributed by atoms with Gasteiger partial charge in [0.25, 0.3) is 0 Å². The minimum Gasteiger partial charge on any atom is -0.379 e. The van der Waals surface area contributed by atoms with Gasteiger partial charge in [0.15, 0.2) is 5.82 Å². The highest BCUT2D eigenvalue weighted by Crippen LogP contribution is 2.30.